The molecule has 5 nitrogen and oxygen atoms in total. The fourth-order valence-electron chi connectivity index (χ4n) is 2.11. The van der Waals surface area contributed by atoms with E-state index in [1.54, 1.807) is 17.0 Å². The quantitative estimate of drug-likeness (QED) is 0.812. The minimum absolute atomic E-state index is 0.0800. The number of rotatable bonds is 5. The summed E-state index contributed by atoms with van der Waals surface area (Å²) < 4.78 is 5.55. The van der Waals surface area contributed by atoms with Crippen LogP contribution >= 0.6 is 0 Å². The van der Waals surface area contributed by atoms with Gasteiger partial charge in [0.25, 0.3) is 5.91 Å². The molecule has 1 aliphatic heterocycles. The van der Waals surface area contributed by atoms with Crippen LogP contribution in [0.15, 0.2) is 24.3 Å². The Morgan fingerprint density at radius 3 is 3.05 bits per heavy atom. The van der Waals surface area contributed by atoms with Crippen LogP contribution in [0.3, 0.4) is 0 Å². The number of amides is 1. The zero-order valence-electron chi connectivity index (χ0n) is 11.1. The van der Waals surface area contributed by atoms with Crippen molar-refractivity contribution in [3.05, 3.63) is 29.8 Å². The summed E-state index contributed by atoms with van der Waals surface area (Å²) in [5.74, 6) is 0.542. The van der Waals surface area contributed by atoms with Crippen molar-refractivity contribution in [3.63, 3.8) is 0 Å². The summed E-state index contributed by atoms with van der Waals surface area (Å²) in [5, 5.41) is 13.0. The first-order valence-electron chi connectivity index (χ1n) is 6.62. The van der Waals surface area contributed by atoms with Crippen molar-refractivity contribution in [3.8, 4) is 5.75 Å². The maximum atomic E-state index is 12.4. The van der Waals surface area contributed by atoms with E-state index in [1.165, 1.54) is 0 Å². The van der Waals surface area contributed by atoms with Gasteiger partial charge in [0.15, 0.2) is 0 Å². The van der Waals surface area contributed by atoms with Crippen molar-refractivity contribution in [2.24, 2.45) is 0 Å². The number of β-amino-alcohol motifs (C(OH)–C–C–N with tert-alkyl or cyclic N) is 1. The molecule has 1 aromatic rings. The summed E-state index contributed by atoms with van der Waals surface area (Å²) in [6, 6.07) is 7.22. The molecule has 0 radical (unpaired) electrons. The molecule has 2 N–H and O–H groups in total. The van der Waals surface area contributed by atoms with Gasteiger partial charge in [-0.2, -0.15) is 0 Å². The number of benzene rings is 1. The number of carbonyl (C=O) groups excluding carboxylic acids is 1. The van der Waals surface area contributed by atoms with Gasteiger partial charge in [-0.3, -0.25) is 4.79 Å². The van der Waals surface area contributed by atoms with Crippen molar-refractivity contribution < 1.29 is 14.6 Å². The predicted octanol–water partition coefficient (Wildman–Crippen LogP) is 0.492. The molecule has 1 amide bonds. The van der Waals surface area contributed by atoms with Crippen LogP contribution in [0.1, 0.15) is 17.3 Å². The summed E-state index contributed by atoms with van der Waals surface area (Å²) in [6.45, 7) is 4.55. The maximum absolute atomic E-state index is 12.4. The van der Waals surface area contributed by atoms with E-state index in [4.69, 9.17) is 4.74 Å². The molecule has 0 aliphatic carbocycles. The van der Waals surface area contributed by atoms with E-state index in [0.717, 1.165) is 6.54 Å². The molecule has 0 saturated heterocycles. The van der Waals surface area contributed by atoms with Gasteiger partial charge in [0, 0.05) is 13.1 Å². The number of hydrogen-bond acceptors (Lipinski definition) is 4. The monoisotopic (exact) mass is 264 g/mol. The van der Waals surface area contributed by atoms with E-state index in [0.29, 0.717) is 37.6 Å². The molecule has 1 unspecified atom stereocenters. The van der Waals surface area contributed by atoms with E-state index in [9.17, 15) is 9.90 Å². The molecule has 5 heteroatoms. The normalized spacial score (nSPS) is 16.5. The zero-order valence-corrected chi connectivity index (χ0v) is 11.1. The Labute approximate surface area is 113 Å². The van der Waals surface area contributed by atoms with Gasteiger partial charge in [0.05, 0.1) is 18.2 Å². The van der Waals surface area contributed by atoms with E-state index in [2.05, 4.69) is 5.32 Å². The topological polar surface area (TPSA) is 61.8 Å². The van der Waals surface area contributed by atoms with Gasteiger partial charge in [-0.15, -0.1) is 0 Å². The standard InChI is InChI=1S/C14H20N2O3/c1-2-15-9-11(17)10-16-7-8-19-13-6-4-3-5-12(13)14(16)18/h3-6,11,15,17H,2,7-10H2,1H3. The van der Waals surface area contributed by atoms with Crippen molar-refractivity contribution in [1.29, 1.82) is 0 Å². The lowest BCUT2D eigenvalue weighted by atomic mass is 10.1. The molecule has 1 aliphatic rings. The first-order chi connectivity index (χ1) is 9.22. The Morgan fingerprint density at radius 1 is 1.47 bits per heavy atom. The van der Waals surface area contributed by atoms with Crippen LogP contribution in [0.25, 0.3) is 0 Å². The van der Waals surface area contributed by atoms with Gasteiger partial charge in [-0.25, -0.2) is 0 Å². The second-order valence-corrected chi connectivity index (χ2v) is 4.56. The zero-order chi connectivity index (χ0) is 13.7. The lowest BCUT2D eigenvalue weighted by molar-refractivity contribution is 0.0619. The minimum atomic E-state index is -0.561. The van der Waals surface area contributed by atoms with Gasteiger partial charge in [0.2, 0.25) is 0 Å². The molecule has 0 fully saturated rings. The summed E-state index contributed by atoms with van der Waals surface area (Å²) in [6.07, 6.45) is -0.561. The fraction of sp³-hybridized carbons (Fsp3) is 0.500. The lowest BCUT2D eigenvalue weighted by Crippen LogP contribution is -2.42. The molecule has 0 spiro atoms. The highest BCUT2D eigenvalue weighted by Crippen LogP contribution is 2.22. The molecule has 104 valence electrons. The number of hydrogen-bond donors (Lipinski definition) is 2. The van der Waals surface area contributed by atoms with Gasteiger partial charge < -0.3 is 20.1 Å². The van der Waals surface area contributed by atoms with Crippen molar-refractivity contribution >= 4 is 5.91 Å². The van der Waals surface area contributed by atoms with Gasteiger partial charge in [-0.05, 0) is 18.7 Å². The average Bonchev–Trinajstić information content (AvgIpc) is 2.58. The summed E-state index contributed by atoms with van der Waals surface area (Å²) in [7, 11) is 0. The third-order valence-corrected chi connectivity index (χ3v) is 3.08. The fourth-order valence-corrected chi connectivity index (χ4v) is 2.11. The van der Waals surface area contributed by atoms with Crippen molar-refractivity contribution in [2.75, 3.05) is 32.8 Å². The Hall–Kier alpha value is -1.59. The van der Waals surface area contributed by atoms with Crippen LogP contribution in [-0.2, 0) is 0 Å². The van der Waals surface area contributed by atoms with Crippen LogP contribution in [0.5, 0.6) is 5.75 Å². The van der Waals surface area contributed by atoms with Crippen LogP contribution < -0.4 is 10.1 Å². The first kappa shape index (κ1) is 13.8. The molecule has 0 saturated carbocycles. The van der Waals surface area contributed by atoms with Gasteiger partial charge >= 0.3 is 0 Å². The highest BCUT2D eigenvalue weighted by atomic mass is 16.5. The number of nitrogens with one attached hydrogen (secondary N) is 1. The van der Waals surface area contributed by atoms with Crippen LogP contribution in [-0.4, -0.2) is 54.8 Å². The summed E-state index contributed by atoms with van der Waals surface area (Å²) in [5.41, 5.74) is 0.565. The lowest BCUT2D eigenvalue weighted by Gasteiger charge is -2.23. The molecule has 2 rings (SSSR count). The van der Waals surface area contributed by atoms with Crippen LogP contribution in [0.4, 0.5) is 0 Å². The molecule has 0 aromatic heterocycles. The van der Waals surface area contributed by atoms with E-state index >= 15 is 0 Å². The number of ether oxygens (including phenoxy) is 1. The third-order valence-electron chi connectivity index (χ3n) is 3.08. The number of likely N-dealkylation sites (N-methyl/N-ethyl adjacent to an activating group) is 1. The molecule has 1 aromatic carbocycles. The molecule has 19 heavy (non-hydrogen) atoms. The highest BCUT2D eigenvalue weighted by molar-refractivity contribution is 5.97. The first-order valence-corrected chi connectivity index (χ1v) is 6.62. The van der Waals surface area contributed by atoms with E-state index in [1.807, 2.05) is 19.1 Å². The third kappa shape index (κ3) is 3.45. The molecule has 1 heterocycles. The van der Waals surface area contributed by atoms with Crippen LogP contribution in [0.2, 0.25) is 0 Å². The minimum Gasteiger partial charge on any atom is -0.491 e. The second kappa shape index (κ2) is 6.54. The largest absolute Gasteiger partial charge is 0.491 e. The number of nitrogens with zero attached hydrogens (tertiary/aromatic N) is 1. The number of aliphatic hydroxyl groups excluding tert-OH is 1. The second-order valence-electron chi connectivity index (χ2n) is 4.56. The van der Waals surface area contributed by atoms with Crippen molar-refractivity contribution in [1.82, 2.24) is 10.2 Å². The summed E-state index contributed by atoms with van der Waals surface area (Å²) >= 11 is 0. The Morgan fingerprint density at radius 2 is 2.26 bits per heavy atom. The van der Waals surface area contributed by atoms with Crippen molar-refractivity contribution in [2.45, 2.75) is 13.0 Å². The van der Waals surface area contributed by atoms with E-state index in [-0.39, 0.29) is 5.91 Å². The number of fused-ring (bicyclic) bond motifs is 1. The number of para-hydroxylation sites is 1. The Bertz CT molecular complexity index is 436. The smallest absolute Gasteiger partial charge is 0.257 e. The van der Waals surface area contributed by atoms with Gasteiger partial charge in [0.1, 0.15) is 12.4 Å². The Kier molecular flexibility index (Phi) is 4.76. The molecule has 0 bridgehead atoms. The molecular formula is C14H20N2O3. The Balaban J connectivity index is 2.05. The maximum Gasteiger partial charge on any atom is 0.257 e. The predicted molar refractivity (Wildman–Crippen MR) is 72.4 cm³/mol. The SMILES string of the molecule is CCNCC(O)CN1CCOc2ccccc2C1=O. The summed E-state index contributed by atoms with van der Waals surface area (Å²) in [4.78, 5) is 14.0. The molecule has 1 atom stereocenters. The number of aliphatic hydroxyl groups is 1. The average molecular weight is 264 g/mol. The van der Waals surface area contributed by atoms with Crippen LogP contribution in [0, 0.1) is 0 Å². The number of carbonyl (C=O) groups is 1. The highest BCUT2D eigenvalue weighted by Gasteiger charge is 2.24. The molecular weight excluding hydrogens is 244 g/mol. The van der Waals surface area contributed by atoms with Gasteiger partial charge in [-0.1, -0.05) is 19.1 Å². The van der Waals surface area contributed by atoms with E-state index < -0.39 is 6.10 Å².